The van der Waals surface area contributed by atoms with Crippen molar-refractivity contribution in [3.05, 3.63) is 41.2 Å². The first-order valence-electron chi connectivity index (χ1n) is 8.28. The average Bonchev–Trinajstić information content (AvgIpc) is 3.28. The van der Waals surface area contributed by atoms with Gasteiger partial charge in [0, 0.05) is 25.0 Å². The van der Waals surface area contributed by atoms with Crippen molar-refractivity contribution in [2.45, 2.75) is 19.7 Å². The Morgan fingerprint density at radius 1 is 1.54 bits per heavy atom. The molecule has 28 heavy (non-hydrogen) atoms. The van der Waals surface area contributed by atoms with Gasteiger partial charge >= 0.3 is 0 Å². The molecule has 4 N–H and O–H groups in total. The van der Waals surface area contributed by atoms with E-state index in [1.54, 1.807) is 25.4 Å². The summed E-state index contributed by atoms with van der Waals surface area (Å²) in [5.74, 6) is -0.483. The van der Waals surface area contributed by atoms with Gasteiger partial charge in [0.05, 0.1) is 24.8 Å². The molecule has 2 rings (SSSR count). The number of aromatic nitrogens is 3. The lowest BCUT2D eigenvalue weighted by atomic mass is 10.2. The molecule has 1 unspecified atom stereocenters. The Kier molecular flexibility index (Phi) is 7.41. The number of carbonyl (C=O) groups excluding carboxylic acids is 1. The van der Waals surface area contributed by atoms with Crippen LogP contribution in [-0.2, 0) is 6.54 Å². The largest absolute Gasteiger partial charge is 0.372 e. The maximum Gasteiger partial charge on any atom is 0.271 e. The third-order valence-electron chi connectivity index (χ3n) is 3.71. The van der Waals surface area contributed by atoms with Crippen LogP contribution in [0.3, 0.4) is 0 Å². The highest BCUT2D eigenvalue weighted by atomic mass is 32.1. The molecule has 2 heterocycles. The third-order valence-corrected chi connectivity index (χ3v) is 4.48. The zero-order valence-corrected chi connectivity index (χ0v) is 16.5. The first kappa shape index (κ1) is 21.3. The number of hydrogen-bond donors (Lipinski definition) is 4. The van der Waals surface area contributed by atoms with Gasteiger partial charge in [-0.05, 0) is 13.6 Å². The molecular formula is C17H22FN7O2S. The van der Waals surface area contributed by atoms with Gasteiger partial charge in [-0.2, -0.15) is 0 Å². The minimum absolute atomic E-state index is 0.0530. The molecule has 150 valence electrons. The first-order chi connectivity index (χ1) is 13.4. The zero-order valence-electron chi connectivity index (χ0n) is 15.7. The first-order valence-corrected chi connectivity index (χ1v) is 9.16. The number of aliphatic hydroxyl groups excluding tert-OH is 1. The van der Waals surface area contributed by atoms with Crippen molar-refractivity contribution in [3.63, 3.8) is 0 Å². The van der Waals surface area contributed by atoms with Crippen LogP contribution in [0.4, 0.5) is 15.3 Å². The molecule has 0 spiro atoms. The number of aliphatic hydroxyl groups is 1. The molecule has 0 aliphatic heterocycles. The predicted molar refractivity (Wildman–Crippen MR) is 109 cm³/mol. The second-order valence-electron chi connectivity index (χ2n) is 5.48. The predicted octanol–water partition coefficient (Wildman–Crippen LogP) is 2.09. The van der Waals surface area contributed by atoms with Crippen LogP contribution in [-0.4, -0.2) is 52.6 Å². The lowest BCUT2D eigenvalue weighted by Gasteiger charge is -2.14. The molecule has 1 atom stereocenters. The lowest BCUT2D eigenvalue weighted by Crippen LogP contribution is -2.29. The Labute approximate surface area is 165 Å². The van der Waals surface area contributed by atoms with Gasteiger partial charge < -0.3 is 25.6 Å². The SMILES string of the molecule is C=N/C=C(F)\C(=C/C)c1csc(NC(O)Cn2cnc(NC)c2C(=O)NC)n1. The molecule has 0 radical (unpaired) electrons. The van der Waals surface area contributed by atoms with Crippen molar-refractivity contribution < 1.29 is 14.3 Å². The van der Waals surface area contributed by atoms with E-state index >= 15 is 0 Å². The number of nitrogens with zero attached hydrogens (tertiary/aromatic N) is 4. The summed E-state index contributed by atoms with van der Waals surface area (Å²) in [6.07, 6.45) is 2.99. The molecule has 0 saturated heterocycles. The van der Waals surface area contributed by atoms with Crippen LogP contribution in [0.2, 0.25) is 0 Å². The minimum Gasteiger partial charge on any atom is -0.372 e. The van der Waals surface area contributed by atoms with Gasteiger partial charge in [0.25, 0.3) is 5.91 Å². The molecule has 1 amide bonds. The standard InChI is InChI=1S/C17H22FN7O2S/c1-5-10(11(18)6-19-2)12-8-28-17(23-12)24-13(26)7-25-9-22-15(20-3)14(25)16(27)21-4/h5-6,8-9,13,20,26H,2,7H2,1,3-4H3,(H,21,27)(H,23,24)/b10-5+,11-6+. The number of carbonyl (C=O) groups is 1. The second kappa shape index (κ2) is 9.76. The van der Waals surface area contributed by atoms with E-state index in [4.69, 9.17) is 0 Å². The Morgan fingerprint density at radius 2 is 2.29 bits per heavy atom. The maximum atomic E-state index is 14.0. The number of thiazole rings is 1. The van der Waals surface area contributed by atoms with Crippen molar-refractivity contribution in [3.8, 4) is 0 Å². The van der Waals surface area contributed by atoms with Gasteiger partial charge in [-0.15, -0.1) is 11.3 Å². The number of hydrogen-bond acceptors (Lipinski definition) is 8. The van der Waals surface area contributed by atoms with E-state index in [-0.39, 0.29) is 18.0 Å². The lowest BCUT2D eigenvalue weighted by molar-refractivity contribution is 0.0950. The Bertz CT molecular complexity index is 903. The molecule has 9 nitrogen and oxygen atoms in total. The smallest absolute Gasteiger partial charge is 0.271 e. The average molecular weight is 407 g/mol. The highest BCUT2D eigenvalue weighted by Crippen LogP contribution is 2.28. The van der Waals surface area contributed by atoms with Crippen molar-refractivity contribution in [2.75, 3.05) is 24.7 Å². The van der Waals surface area contributed by atoms with Gasteiger partial charge in [-0.1, -0.05) is 6.08 Å². The van der Waals surface area contributed by atoms with Crippen LogP contribution in [0.5, 0.6) is 0 Å². The molecule has 0 saturated carbocycles. The van der Waals surface area contributed by atoms with E-state index in [2.05, 4.69) is 37.6 Å². The summed E-state index contributed by atoms with van der Waals surface area (Å²) in [5.41, 5.74) is 0.984. The van der Waals surface area contributed by atoms with Gasteiger partial charge in [0.2, 0.25) is 0 Å². The number of anilines is 2. The van der Waals surface area contributed by atoms with Crippen LogP contribution in [0.1, 0.15) is 23.1 Å². The van der Waals surface area contributed by atoms with Crippen molar-refractivity contribution in [2.24, 2.45) is 4.99 Å². The second-order valence-corrected chi connectivity index (χ2v) is 6.34. The number of halogens is 1. The topological polar surface area (TPSA) is 116 Å². The minimum atomic E-state index is -1.05. The van der Waals surface area contributed by atoms with E-state index < -0.39 is 12.1 Å². The molecule has 0 aromatic carbocycles. The van der Waals surface area contributed by atoms with E-state index in [9.17, 15) is 14.3 Å². The molecule has 2 aromatic rings. The van der Waals surface area contributed by atoms with E-state index in [1.165, 1.54) is 29.3 Å². The van der Waals surface area contributed by atoms with E-state index in [1.807, 2.05) is 0 Å². The summed E-state index contributed by atoms with van der Waals surface area (Å²) in [5, 5.41) is 20.6. The number of allylic oxidation sites excluding steroid dienone is 3. The third kappa shape index (κ3) is 4.81. The molecule has 0 fully saturated rings. The van der Waals surface area contributed by atoms with Crippen molar-refractivity contribution in [1.82, 2.24) is 19.9 Å². The molecule has 2 aromatic heterocycles. The summed E-state index contributed by atoms with van der Waals surface area (Å²) in [7, 11) is 3.17. The Balaban J connectivity index is 2.13. The zero-order chi connectivity index (χ0) is 20.7. The van der Waals surface area contributed by atoms with Gasteiger partial charge in [0.1, 0.15) is 12.1 Å². The Morgan fingerprint density at radius 3 is 2.89 bits per heavy atom. The van der Waals surface area contributed by atoms with Crippen LogP contribution in [0, 0.1) is 0 Å². The summed E-state index contributed by atoms with van der Waals surface area (Å²) in [6, 6.07) is 0. The van der Waals surface area contributed by atoms with Crippen LogP contribution < -0.4 is 16.0 Å². The summed E-state index contributed by atoms with van der Waals surface area (Å²) in [6.45, 7) is 4.97. The van der Waals surface area contributed by atoms with Crippen molar-refractivity contribution in [1.29, 1.82) is 0 Å². The normalized spacial score (nSPS) is 13.2. The van der Waals surface area contributed by atoms with E-state index in [0.29, 0.717) is 22.3 Å². The molecule has 0 aliphatic carbocycles. The number of aliphatic imine (C=N–C) groups is 1. The molecule has 11 heteroatoms. The fraction of sp³-hybridized carbons (Fsp3) is 0.294. The number of amides is 1. The monoisotopic (exact) mass is 407 g/mol. The van der Waals surface area contributed by atoms with Gasteiger partial charge in [-0.3, -0.25) is 9.79 Å². The molecular weight excluding hydrogens is 385 g/mol. The molecule has 0 aliphatic rings. The summed E-state index contributed by atoms with van der Waals surface area (Å²) in [4.78, 5) is 23.9. The highest BCUT2D eigenvalue weighted by molar-refractivity contribution is 7.13. The summed E-state index contributed by atoms with van der Waals surface area (Å²) < 4.78 is 15.5. The summed E-state index contributed by atoms with van der Waals surface area (Å²) >= 11 is 1.21. The van der Waals surface area contributed by atoms with Gasteiger partial charge in [-0.25, -0.2) is 14.4 Å². The fourth-order valence-corrected chi connectivity index (χ4v) is 3.21. The van der Waals surface area contributed by atoms with Gasteiger partial charge in [0.15, 0.2) is 16.6 Å². The van der Waals surface area contributed by atoms with E-state index in [0.717, 1.165) is 6.20 Å². The molecule has 0 bridgehead atoms. The van der Waals surface area contributed by atoms with Crippen molar-refractivity contribution >= 4 is 40.5 Å². The number of rotatable bonds is 9. The fourth-order valence-electron chi connectivity index (χ4n) is 2.46. The highest BCUT2D eigenvalue weighted by Gasteiger charge is 2.19. The quantitative estimate of drug-likeness (QED) is 0.287. The number of imidazole rings is 1. The van der Waals surface area contributed by atoms with Crippen LogP contribution in [0.15, 0.2) is 34.8 Å². The van der Waals surface area contributed by atoms with Crippen LogP contribution >= 0.6 is 11.3 Å². The number of nitrogens with one attached hydrogen (secondary N) is 3. The maximum absolute atomic E-state index is 14.0. The Hall–Kier alpha value is -3.05. The van der Waals surface area contributed by atoms with Crippen LogP contribution in [0.25, 0.3) is 5.57 Å².